The van der Waals surface area contributed by atoms with E-state index in [0.717, 1.165) is 11.1 Å². The predicted octanol–water partition coefficient (Wildman–Crippen LogP) is 4.99. The van der Waals surface area contributed by atoms with E-state index in [1.165, 1.54) is 12.1 Å². The topological polar surface area (TPSA) is 130 Å². The van der Waals surface area contributed by atoms with Crippen LogP contribution in [0, 0.1) is 23.2 Å². The molecule has 232 valence electrons. The molecule has 2 fully saturated rings. The number of ether oxygens (including phenoxy) is 1. The number of carbonyl (C=O) groups excluding carboxylic acids is 4. The molecule has 6 atom stereocenters. The van der Waals surface area contributed by atoms with Gasteiger partial charge < -0.3 is 20.3 Å². The molecule has 0 bridgehead atoms. The first-order chi connectivity index (χ1) is 21.0. The quantitative estimate of drug-likeness (QED) is 0.328. The van der Waals surface area contributed by atoms with Crippen LogP contribution in [0.25, 0.3) is 0 Å². The molecule has 4 unspecified atom stereocenters. The predicted molar refractivity (Wildman–Crippen MR) is 166 cm³/mol. The van der Waals surface area contributed by atoms with E-state index in [0.29, 0.717) is 44.2 Å². The molecule has 44 heavy (non-hydrogen) atoms. The van der Waals surface area contributed by atoms with E-state index < -0.39 is 35.6 Å². The van der Waals surface area contributed by atoms with Crippen LogP contribution in [0.5, 0.6) is 0 Å². The van der Waals surface area contributed by atoms with Crippen LogP contribution < -0.4 is 5.32 Å². The number of aryl methyl sites for hydroxylation is 1. The van der Waals surface area contributed by atoms with Gasteiger partial charge in [-0.3, -0.25) is 14.4 Å². The summed E-state index contributed by atoms with van der Waals surface area (Å²) in [6.45, 7) is 3.56. The van der Waals surface area contributed by atoms with Crippen molar-refractivity contribution in [2.24, 2.45) is 23.2 Å². The monoisotopic (exact) mass is 599 g/mol. The summed E-state index contributed by atoms with van der Waals surface area (Å²) in [4.78, 5) is 50.3. The van der Waals surface area contributed by atoms with Crippen molar-refractivity contribution < 1.29 is 34.1 Å². The van der Waals surface area contributed by atoms with Crippen molar-refractivity contribution in [3.63, 3.8) is 0 Å². The minimum absolute atomic E-state index is 0.0551. The van der Waals surface area contributed by atoms with Gasteiger partial charge in [0, 0.05) is 23.9 Å². The smallest absolute Gasteiger partial charge is 0.338 e. The van der Waals surface area contributed by atoms with Crippen LogP contribution in [0.4, 0.5) is 5.69 Å². The zero-order valence-electron chi connectivity index (χ0n) is 25.3. The normalized spacial score (nSPS) is 29.5. The van der Waals surface area contributed by atoms with Crippen LogP contribution in [-0.2, 0) is 25.5 Å². The number of amides is 1. The second-order valence-electron chi connectivity index (χ2n) is 12.6. The van der Waals surface area contributed by atoms with E-state index in [1.54, 1.807) is 24.3 Å². The first-order valence-electron chi connectivity index (χ1n) is 15.5. The fourth-order valence-electron chi connectivity index (χ4n) is 7.53. The molecule has 2 saturated carbocycles. The van der Waals surface area contributed by atoms with Crippen molar-refractivity contribution in [3.05, 3.63) is 89.5 Å². The van der Waals surface area contributed by atoms with Gasteiger partial charge in [-0.1, -0.05) is 55.8 Å². The maximum Gasteiger partial charge on any atom is 0.338 e. The Hall–Kier alpha value is -3.88. The Kier molecular flexibility index (Phi) is 9.32. The highest BCUT2D eigenvalue weighted by atomic mass is 16.5. The van der Waals surface area contributed by atoms with Gasteiger partial charge in [0.2, 0.25) is 5.91 Å². The summed E-state index contributed by atoms with van der Waals surface area (Å²) in [5, 5.41) is 25.8. The highest BCUT2D eigenvalue weighted by Crippen LogP contribution is 2.56. The van der Waals surface area contributed by atoms with E-state index in [1.807, 2.05) is 50.3 Å². The SMILES string of the molecule is CCC1=CC(=O)C=CC1(C)C1C[C@@H]2CC[C@H](C(=O)COC(=O)c3ccc(NC(=O)CCc4ccccc4)cc3)C2(O)CC1O. The Morgan fingerprint density at radius 3 is 2.48 bits per heavy atom. The van der Waals surface area contributed by atoms with Crippen LogP contribution >= 0.6 is 0 Å². The molecule has 0 heterocycles. The minimum atomic E-state index is -1.37. The summed E-state index contributed by atoms with van der Waals surface area (Å²) in [7, 11) is 0. The molecule has 0 aromatic heterocycles. The molecule has 3 aliphatic rings. The maximum atomic E-state index is 13.2. The molecule has 0 saturated heterocycles. The summed E-state index contributed by atoms with van der Waals surface area (Å²) < 4.78 is 5.34. The zero-order valence-corrected chi connectivity index (χ0v) is 25.3. The third kappa shape index (κ3) is 6.47. The highest BCUT2D eigenvalue weighted by molar-refractivity contribution is 6.01. The number of fused-ring (bicyclic) bond motifs is 1. The van der Waals surface area contributed by atoms with Gasteiger partial charge >= 0.3 is 5.97 Å². The van der Waals surface area contributed by atoms with Gasteiger partial charge in [-0.15, -0.1) is 0 Å². The number of carbonyl (C=O) groups is 4. The van der Waals surface area contributed by atoms with Gasteiger partial charge in [-0.25, -0.2) is 4.79 Å². The van der Waals surface area contributed by atoms with Crippen LogP contribution in [0.1, 0.15) is 68.3 Å². The lowest BCUT2D eigenvalue weighted by atomic mass is 9.57. The van der Waals surface area contributed by atoms with Crippen LogP contribution in [0.2, 0.25) is 0 Å². The van der Waals surface area contributed by atoms with E-state index in [2.05, 4.69) is 5.32 Å². The Morgan fingerprint density at radius 2 is 1.77 bits per heavy atom. The van der Waals surface area contributed by atoms with E-state index in [-0.39, 0.29) is 41.3 Å². The Morgan fingerprint density at radius 1 is 1.05 bits per heavy atom. The fourth-order valence-corrected chi connectivity index (χ4v) is 7.53. The molecule has 0 aliphatic heterocycles. The molecule has 8 heteroatoms. The largest absolute Gasteiger partial charge is 0.454 e. The third-order valence-electron chi connectivity index (χ3n) is 10.0. The lowest BCUT2D eigenvalue weighted by Crippen LogP contribution is -2.55. The molecule has 1 amide bonds. The number of esters is 1. The van der Waals surface area contributed by atoms with Gasteiger partial charge in [0.25, 0.3) is 0 Å². The molecule has 3 N–H and O–H groups in total. The number of aliphatic hydroxyl groups excluding tert-OH is 1. The number of anilines is 1. The summed E-state index contributed by atoms with van der Waals surface area (Å²) in [5.74, 6) is -2.33. The highest BCUT2D eigenvalue weighted by Gasteiger charge is 2.59. The number of hydrogen-bond donors (Lipinski definition) is 3. The molecule has 8 nitrogen and oxygen atoms in total. The number of Topliss-reactive ketones (excluding diaryl/α,β-unsaturated/α-hetero) is 1. The minimum Gasteiger partial charge on any atom is -0.454 e. The summed E-state index contributed by atoms with van der Waals surface area (Å²) in [6.07, 6.45) is 7.54. The van der Waals surface area contributed by atoms with Gasteiger partial charge in [-0.2, -0.15) is 0 Å². The van der Waals surface area contributed by atoms with Gasteiger partial charge in [0.05, 0.1) is 23.2 Å². The van der Waals surface area contributed by atoms with E-state index >= 15 is 0 Å². The average molecular weight is 600 g/mol. The second-order valence-corrected chi connectivity index (χ2v) is 12.6. The summed E-state index contributed by atoms with van der Waals surface area (Å²) in [6, 6.07) is 16.0. The second kappa shape index (κ2) is 13.0. The number of benzene rings is 2. The van der Waals surface area contributed by atoms with Crippen molar-refractivity contribution in [1.29, 1.82) is 0 Å². The number of ketones is 2. The molecule has 0 radical (unpaired) electrons. The lowest BCUT2D eigenvalue weighted by Gasteiger charge is -2.50. The Balaban J connectivity index is 1.14. The molecular formula is C36H41NO7. The number of aliphatic hydroxyl groups is 2. The number of hydrogen-bond acceptors (Lipinski definition) is 7. The van der Waals surface area contributed by atoms with Crippen LogP contribution in [-0.4, -0.2) is 52.0 Å². The Labute approximate surface area is 258 Å². The molecule has 2 aromatic carbocycles. The number of rotatable bonds is 10. The summed E-state index contributed by atoms with van der Waals surface area (Å²) in [5.41, 5.74) is 0.964. The maximum absolute atomic E-state index is 13.2. The molecule has 3 aliphatic carbocycles. The molecule has 2 aromatic rings. The van der Waals surface area contributed by atoms with Crippen molar-refractivity contribution >= 4 is 29.1 Å². The van der Waals surface area contributed by atoms with Crippen molar-refractivity contribution in [2.75, 3.05) is 11.9 Å². The lowest BCUT2D eigenvalue weighted by molar-refractivity contribution is -0.152. The third-order valence-corrected chi connectivity index (χ3v) is 10.0. The van der Waals surface area contributed by atoms with E-state index in [4.69, 9.17) is 4.74 Å². The van der Waals surface area contributed by atoms with Crippen LogP contribution in [0.15, 0.2) is 78.4 Å². The van der Waals surface area contributed by atoms with Gasteiger partial charge in [-0.05, 0) is 85.9 Å². The Bertz CT molecular complexity index is 1460. The molecule has 0 spiro atoms. The van der Waals surface area contributed by atoms with Gasteiger partial charge in [0.1, 0.15) is 0 Å². The average Bonchev–Trinajstić information content (AvgIpc) is 3.35. The standard InChI is InChI=1S/C36H41NO7/c1-3-25-19-28(38)17-18-35(25,2)30-20-26-12-15-29(36(26,43)21-31(30)39)32(40)22-44-34(42)24-10-13-27(14-11-24)37-33(41)16-9-23-7-5-4-6-8-23/h4-8,10-11,13-14,17-19,26,29-31,39,43H,3,9,12,15-16,20-22H2,1-2H3,(H,37,41)/t26-,29+,30?,31?,35?,36?/m0/s1. The van der Waals surface area contributed by atoms with Crippen LogP contribution in [0.3, 0.4) is 0 Å². The fraction of sp³-hybridized carbons (Fsp3) is 0.444. The van der Waals surface area contributed by atoms with Crippen molar-refractivity contribution in [1.82, 2.24) is 0 Å². The van der Waals surface area contributed by atoms with Crippen molar-refractivity contribution in [3.8, 4) is 0 Å². The summed E-state index contributed by atoms with van der Waals surface area (Å²) >= 11 is 0. The number of allylic oxidation sites excluding steroid dienone is 4. The number of nitrogens with one attached hydrogen (secondary N) is 1. The molecular weight excluding hydrogens is 558 g/mol. The molecule has 5 rings (SSSR count). The first-order valence-corrected chi connectivity index (χ1v) is 15.5. The first kappa shape index (κ1) is 31.5. The van der Waals surface area contributed by atoms with E-state index in [9.17, 15) is 29.4 Å². The van der Waals surface area contributed by atoms with Crippen molar-refractivity contribution in [2.45, 2.75) is 70.5 Å². The van der Waals surface area contributed by atoms with Gasteiger partial charge in [0.15, 0.2) is 18.2 Å². The zero-order chi connectivity index (χ0) is 31.5.